The molecule has 1 aliphatic carbocycles. The van der Waals surface area contributed by atoms with Crippen LogP contribution in [0.25, 0.3) is 0 Å². The molecule has 1 aromatic carbocycles. The Morgan fingerprint density at radius 3 is 2.47 bits per heavy atom. The topological polar surface area (TPSA) is 140 Å². The molecule has 1 aromatic rings. The highest BCUT2D eigenvalue weighted by molar-refractivity contribution is 6.25. The number of nitrogens with zero attached hydrogens (tertiary/aromatic N) is 3. The van der Waals surface area contributed by atoms with Gasteiger partial charge in [-0.25, -0.2) is 0 Å². The molecule has 3 aliphatic heterocycles. The predicted molar refractivity (Wildman–Crippen MR) is 141 cm³/mol. The second-order valence-electron chi connectivity index (χ2n) is 11.3. The summed E-state index contributed by atoms with van der Waals surface area (Å²) < 4.78 is 0. The zero-order valence-corrected chi connectivity index (χ0v) is 22.8. The maximum absolute atomic E-state index is 13.7. The predicted octanol–water partition coefficient (Wildman–Crippen LogP) is 1.50. The van der Waals surface area contributed by atoms with Gasteiger partial charge in [0.1, 0.15) is 11.8 Å². The number of aromatic hydroxyl groups is 1. The van der Waals surface area contributed by atoms with E-state index >= 15 is 0 Å². The fraction of sp³-hybridized carbons (Fsp3) is 0.517. The Balaban J connectivity index is 1.72. The van der Waals surface area contributed by atoms with Gasteiger partial charge in [-0.2, -0.15) is 5.26 Å². The summed E-state index contributed by atoms with van der Waals surface area (Å²) in [6.45, 7) is 8.82. The van der Waals surface area contributed by atoms with Crippen LogP contribution in [-0.4, -0.2) is 76.2 Å². The lowest BCUT2D eigenvalue weighted by Gasteiger charge is -2.60. The van der Waals surface area contributed by atoms with Crippen molar-refractivity contribution in [2.75, 3.05) is 13.6 Å². The third-order valence-corrected chi connectivity index (χ3v) is 9.27. The number of aryl methyl sites for hydroxylation is 1. The van der Waals surface area contributed by atoms with Crippen LogP contribution in [0.2, 0.25) is 0 Å². The van der Waals surface area contributed by atoms with Crippen LogP contribution in [0.1, 0.15) is 55.5 Å². The average Bonchev–Trinajstić information content (AvgIpc) is 2.88. The van der Waals surface area contributed by atoms with Gasteiger partial charge in [-0.1, -0.05) is 6.07 Å². The van der Waals surface area contributed by atoms with Gasteiger partial charge in [0.05, 0.1) is 24.2 Å². The van der Waals surface area contributed by atoms with Crippen molar-refractivity contribution in [2.45, 2.75) is 83.7 Å². The fourth-order valence-electron chi connectivity index (χ4n) is 6.93. The summed E-state index contributed by atoms with van der Waals surface area (Å²) in [5.74, 6) is -0.514. The third-order valence-electron chi connectivity index (χ3n) is 9.27. The highest BCUT2D eigenvalue weighted by atomic mass is 16.3. The lowest BCUT2D eigenvalue weighted by atomic mass is 9.69. The molecule has 0 saturated carbocycles. The molecular formula is C29H35N5O4. The van der Waals surface area contributed by atoms with Gasteiger partial charge in [-0.3, -0.25) is 24.2 Å². The van der Waals surface area contributed by atoms with Gasteiger partial charge in [0.25, 0.3) is 0 Å². The molecule has 6 atom stereocenters. The summed E-state index contributed by atoms with van der Waals surface area (Å²) >= 11 is 0. The van der Waals surface area contributed by atoms with Crippen molar-refractivity contribution >= 4 is 17.5 Å². The van der Waals surface area contributed by atoms with E-state index in [4.69, 9.17) is 5.73 Å². The number of amides is 1. The number of likely N-dealkylation sites (N-methyl/N-ethyl adjacent to an activating group) is 1. The highest BCUT2D eigenvalue weighted by Gasteiger charge is 2.57. The molecule has 2 bridgehead atoms. The van der Waals surface area contributed by atoms with Gasteiger partial charge in [0, 0.05) is 46.5 Å². The lowest BCUT2D eigenvalue weighted by molar-refractivity contribution is -0.124. The Kier molecular flexibility index (Phi) is 6.33. The molecule has 1 amide bonds. The number of hydrogen-bond donors (Lipinski definition) is 3. The number of phenols is 1. The number of ketones is 2. The number of allylic oxidation sites excluding steroid dienone is 2. The SMILES string of the molecule is CC1=C(C)C(=O)C2=C(C[C@H]3[C@H]4c5c(cc(C)c(C)c5O)C[C@@H]([C@H](C#N)N3[C@H]2CNC(=O)[C@@H](C)N)N4C)C1=O. The van der Waals surface area contributed by atoms with E-state index in [1.807, 2.05) is 25.8 Å². The maximum atomic E-state index is 13.7. The molecule has 1 fully saturated rings. The number of Topliss-reactive ketones (excluding diaryl/α,β-unsaturated/α-hetero) is 2. The zero-order valence-electron chi connectivity index (χ0n) is 22.8. The molecule has 4 aliphatic rings. The number of nitriles is 1. The van der Waals surface area contributed by atoms with Crippen LogP contribution in [0.15, 0.2) is 28.4 Å². The summed E-state index contributed by atoms with van der Waals surface area (Å²) in [6, 6.07) is 1.71. The first-order valence-corrected chi connectivity index (χ1v) is 13.1. The fourth-order valence-corrected chi connectivity index (χ4v) is 6.93. The first-order valence-electron chi connectivity index (χ1n) is 13.1. The summed E-state index contributed by atoms with van der Waals surface area (Å²) in [5.41, 5.74) is 11.1. The van der Waals surface area contributed by atoms with E-state index in [0.717, 1.165) is 22.3 Å². The van der Waals surface area contributed by atoms with Crippen molar-refractivity contribution in [1.29, 1.82) is 5.26 Å². The molecule has 0 aromatic heterocycles. The maximum Gasteiger partial charge on any atom is 0.236 e. The highest BCUT2D eigenvalue weighted by Crippen LogP contribution is 2.52. The Hall–Kier alpha value is -3.32. The molecule has 9 heteroatoms. The van der Waals surface area contributed by atoms with E-state index < -0.39 is 18.1 Å². The number of benzene rings is 1. The van der Waals surface area contributed by atoms with Crippen molar-refractivity contribution in [3.05, 3.63) is 50.6 Å². The van der Waals surface area contributed by atoms with E-state index in [-0.39, 0.29) is 54.3 Å². The van der Waals surface area contributed by atoms with E-state index in [1.54, 1.807) is 20.8 Å². The standard InChI is InChI=1S/C29H35N5O4/c1-12-7-17-8-19-21(10-30)34-20(25(33(19)6)23(17)27(36)13(12)2)9-18-24(22(34)11-32-29(38)16(5)31)28(37)15(4)14(3)26(18)35/h7,16,19-22,25,36H,8-9,11,31H2,1-6H3,(H,32,38)/t16-,19+,20+,21+,22+,25+/m1/s1. The largest absolute Gasteiger partial charge is 0.507 e. The second-order valence-corrected chi connectivity index (χ2v) is 11.3. The lowest BCUT2D eigenvalue weighted by Crippen LogP contribution is -2.71. The zero-order chi connectivity index (χ0) is 27.8. The van der Waals surface area contributed by atoms with Gasteiger partial charge in [-0.05, 0) is 71.2 Å². The van der Waals surface area contributed by atoms with E-state index in [2.05, 4.69) is 22.4 Å². The molecular weight excluding hydrogens is 482 g/mol. The number of piperazine rings is 1. The monoisotopic (exact) mass is 517 g/mol. The minimum Gasteiger partial charge on any atom is -0.507 e. The molecule has 0 radical (unpaired) electrons. The van der Waals surface area contributed by atoms with Crippen LogP contribution in [0.3, 0.4) is 0 Å². The number of hydrogen-bond acceptors (Lipinski definition) is 8. The summed E-state index contributed by atoms with van der Waals surface area (Å²) in [7, 11) is 1.97. The number of phenolic OH excluding ortho intramolecular Hbond substituents is 1. The van der Waals surface area contributed by atoms with Gasteiger partial charge in [0.15, 0.2) is 11.6 Å². The van der Waals surface area contributed by atoms with E-state index in [1.165, 1.54) is 0 Å². The van der Waals surface area contributed by atoms with E-state index in [0.29, 0.717) is 28.7 Å². The third kappa shape index (κ3) is 3.58. The van der Waals surface area contributed by atoms with Crippen molar-refractivity contribution in [1.82, 2.24) is 15.1 Å². The number of fused-ring (bicyclic) bond motifs is 6. The van der Waals surface area contributed by atoms with Crippen molar-refractivity contribution in [3.8, 4) is 11.8 Å². The summed E-state index contributed by atoms with van der Waals surface area (Å²) in [4.78, 5) is 43.9. The molecule has 9 nitrogen and oxygen atoms in total. The normalized spacial score (nSPS) is 29.9. The van der Waals surface area contributed by atoms with Gasteiger partial charge < -0.3 is 16.2 Å². The number of rotatable bonds is 3. The van der Waals surface area contributed by atoms with Crippen molar-refractivity contribution in [2.24, 2.45) is 5.73 Å². The quantitative estimate of drug-likeness (QED) is 0.513. The van der Waals surface area contributed by atoms with Crippen LogP contribution in [0.4, 0.5) is 0 Å². The van der Waals surface area contributed by atoms with Crippen molar-refractivity contribution < 1.29 is 19.5 Å². The Labute approximate surface area is 223 Å². The molecule has 0 spiro atoms. The summed E-state index contributed by atoms with van der Waals surface area (Å²) in [6.07, 6.45) is 0.835. The molecule has 200 valence electrons. The van der Waals surface area contributed by atoms with Crippen LogP contribution >= 0.6 is 0 Å². The number of carbonyl (C=O) groups excluding carboxylic acids is 3. The Morgan fingerprint density at radius 1 is 1.18 bits per heavy atom. The van der Waals surface area contributed by atoms with Crippen LogP contribution in [-0.2, 0) is 20.8 Å². The number of carbonyl (C=O) groups is 3. The molecule has 0 unspecified atom stereocenters. The number of nitrogens with one attached hydrogen (secondary N) is 1. The van der Waals surface area contributed by atoms with Crippen LogP contribution < -0.4 is 11.1 Å². The second kappa shape index (κ2) is 9.16. The molecule has 38 heavy (non-hydrogen) atoms. The minimum absolute atomic E-state index is 0.0498. The summed E-state index contributed by atoms with van der Waals surface area (Å²) in [5, 5.41) is 24.7. The van der Waals surface area contributed by atoms with Crippen molar-refractivity contribution in [3.63, 3.8) is 0 Å². The molecule has 1 saturated heterocycles. The average molecular weight is 518 g/mol. The van der Waals surface area contributed by atoms with E-state index in [9.17, 15) is 24.8 Å². The first kappa shape index (κ1) is 26.3. The Bertz CT molecular complexity index is 1380. The number of nitrogens with two attached hydrogens (primary N) is 1. The smallest absolute Gasteiger partial charge is 0.236 e. The Morgan fingerprint density at radius 2 is 1.84 bits per heavy atom. The van der Waals surface area contributed by atoms with Gasteiger partial charge in [0.2, 0.25) is 5.91 Å². The molecule has 3 heterocycles. The van der Waals surface area contributed by atoms with Crippen LogP contribution in [0.5, 0.6) is 5.75 Å². The van der Waals surface area contributed by atoms with Crippen LogP contribution in [0, 0.1) is 25.2 Å². The first-order chi connectivity index (χ1) is 17.9. The molecule has 4 N–H and O–H groups in total. The molecule has 5 rings (SSSR count). The minimum atomic E-state index is -0.746. The van der Waals surface area contributed by atoms with Gasteiger partial charge in [-0.15, -0.1) is 0 Å². The van der Waals surface area contributed by atoms with Gasteiger partial charge >= 0.3 is 0 Å².